The normalized spacial score (nSPS) is 14.9. The van der Waals surface area contributed by atoms with Gasteiger partial charge in [0, 0.05) is 17.5 Å². The van der Waals surface area contributed by atoms with Crippen molar-refractivity contribution in [3.8, 4) is 11.5 Å². The van der Waals surface area contributed by atoms with Gasteiger partial charge in [0.2, 0.25) is 0 Å². The van der Waals surface area contributed by atoms with Crippen molar-refractivity contribution < 1.29 is 18.3 Å². The summed E-state index contributed by atoms with van der Waals surface area (Å²) in [6.45, 7) is 3.89. The molecule has 0 unspecified atom stereocenters. The molecule has 0 aliphatic carbocycles. The first-order chi connectivity index (χ1) is 14.6. The maximum atomic E-state index is 12.4. The zero-order valence-corrected chi connectivity index (χ0v) is 19.1. The van der Waals surface area contributed by atoms with Crippen molar-refractivity contribution in [2.75, 3.05) is 4.72 Å². The highest BCUT2D eigenvalue weighted by molar-refractivity contribution is 7.94. The number of phenolic OH excluding ortho intramolecular Hbond substituents is 1. The quantitative estimate of drug-likeness (QED) is 0.454. The Bertz CT molecular complexity index is 1290. The van der Waals surface area contributed by atoms with Crippen molar-refractivity contribution in [2.45, 2.75) is 23.7 Å². The Morgan fingerprint density at radius 1 is 1.13 bits per heavy atom. The molecule has 4 rings (SSSR count). The lowest BCUT2D eigenvalue weighted by Gasteiger charge is -2.28. The van der Waals surface area contributed by atoms with Gasteiger partial charge in [0.25, 0.3) is 10.0 Å². The molecule has 1 aliphatic heterocycles. The number of phenols is 1. The number of ether oxygens (including phenoxy) is 1. The summed E-state index contributed by atoms with van der Waals surface area (Å²) < 4.78 is 33.7. The van der Waals surface area contributed by atoms with Crippen molar-refractivity contribution in [1.29, 1.82) is 0 Å². The van der Waals surface area contributed by atoms with Crippen LogP contribution in [0.2, 0.25) is 4.34 Å². The number of rotatable bonds is 5. The topological polar surface area (TPSA) is 88.0 Å². The first-order valence-electron chi connectivity index (χ1n) is 9.29. The van der Waals surface area contributed by atoms with E-state index in [1.54, 1.807) is 42.6 Å². The van der Waals surface area contributed by atoms with E-state index in [0.29, 0.717) is 32.6 Å². The molecule has 0 spiro atoms. The largest absolute Gasteiger partial charge is 0.506 e. The van der Waals surface area contributed by atoms with E-state index in [9.17, 15) is 13.5 Å². The number of aromatic hydroxyl groups is 1. The van der Waals surface area contributed by atoms with Gasteiger partial charge >= 0.3 is 0 Å². The van der Waals surface area contributed by atoms with E-state index in [1.165, 1.54) is 12.1 Å². The predicted molar refractivity (Wildman–Crippen MR) is 126 cm³/mol. The van der Waals surface area contributed by atoms with E-state index in [2.05, 4.69) is 9.71 Å². The van der Waals surface area contributed by atoms with Crippen LogP contribution in [-0.2, 0) is 10.0 Å². The zero-order valence-electron chi connectivity index (χ0n) is 16.7. The second kappa shape index (κ2) is 8.03. The molecular weight excluding hydrogens is 456 g/mol. The van der Waals surface area contributed by atoms with E-state index in [0.717, 1.165) is 11.3 Å². The van der Waals surface area contributed by atoms with E-state index >= 15 is 0 Å². The molecule has 1 aromatic heterocycles. The fourth-order valence-corrected chi connectivity index (χ4v) is 5.51. The maximum Gasteiger partial charge on any atom is 0.271 e. The van der Waals surface area contributed by atoms with Gasteiger partial charge in [-0.15, -0.1) is 11.3 Å². The molecule has 0 atom stereocenters. The summed E-state index contributed by atoms with van der Waals surface area (Å²) in [6, 6.07) is 13.1. The standard InChI is InChI=1S/C22H19ClN2O4S2/c1-22(2)12-11-17-18(29-22)8-3-14(21(17)26)13-24-15-4-6-16(7-5-15)25-31(27,28)20-10-9-19(23)30-20/h3-13,25-26H,1-2H3. The Hall–Kier alpha value is -2.81. The minimum atomic E-state index is -3.69. The number of thiophene rings is 1. The van der Waals surface area contributed by atoms with Crippen molar-refractivity contribution in [3.05, 3.63) is 70.1 Å². The molecule has 31 heavy (non-hydrogen) atoms. The van der Waals surface area contributed by atoms with Crippen molar-refractivity contribution in [1.82, 2.24) is 0 Å². The number of sulfonamides is 1. The minimum Gasteiger partial charge on any atom is -0.506 e. The molecule has 1 aliphatic rings. The number of benzene rings is 2. The molecule has 0 saturated carbocycles. The van der Waals surface area contributed by atoms with E-state index < -0.39 is 15.6 Å². The fraction of sp³-hybridized carbons (Fsp3) is 0.136. The number of nitrogens with zero attached hydrogens (tertiary/aromatic N) is 1. The number of nitrogens with one attached hydrogen (secondary N) is 1. The Morgan fingerprint density at radius 2 is 1.87 bits per heavy atom. The van der Waals surface area contributed by atoms with Crippen LogP contribution in [0.3, 0.4) is 0 Å². The average Bonchev–Trinajstić information content (AvgIpc) is 3.15. The van der Waals surface area contributed by atoms with Gasteiger partial charge in [0.1, 0.15) is 21.3 Å². The summed E-state index contributed by atoms with van der Waals surface area (Å²) in [4.78, 5) is 4.37. The number of hydrogen-bond donors (Lipinski definition) is 2. The molecule has 0 amide bonds. The lowest BCUT2D eigenvalue weighted by molar-refractivity contribution is 0.158. The molecule has 3 aromatic rings. The van der Waals surface area contributed by atoms with Gasteiger partial charge in [0.15, 0.2) is 0 Å². The highest BCUT2D eigenvalue weighted by atomic mass is 35.5. The minimum absolute atomic E-state index is 0.0898. The van der Waals surface area contributed by atoms with Crippen LogP contribution in [0.15, 0.2) is 63.8 Å². The Morgan fingerprint density at radius 3 is 2.55 bits per heavy atom. The summed E-state index contributed by atoms with van der Waals surface area (Å²) in [7, 11) is -3.69. The van der Waals surface area contributed by atoms with Crippen LogP contribution < -0.4 is 9.46 Å². The molecular formula is C22H19ClN2O4S2. The first kappa shape index (κ1) is 21.4. The fourth-order valence-electron chi connectivity index (χ4n) is 2.97. The third kappa shape index (κ3) is 4.76. The maximum absolute atomic E-state index is 12.4. The molecule has 2 aromatic carbocycles. The Labute approximate surface area is 189 Å². The van der Waals surface area contributed by atoms with Crippen LogP contribution in [0.1, 0.15) is 25.0 Å². The predicted octanol–water partition coefficient (Wildman–Crippen LogP) is 5.84. The third-order valence-electron chi connectivity index (χ3n) is 4.52. The van der Waals surface area contributed by atoms with Crippen molar-refractivity contribution >= 4 is 56.6 Å². The van der Waals surface area contributed by atoms with Crippen LogP contribution in [-0.4, -0.2) is 25.3 Å². The van der Waals surface area contributed by atoms with E-state index in [-0.39, 0.29) is 9.96 Å². The van der Waals surface area contributed by atoms with Gasteiger partial charge in [-0.05, 0) is 74.5 Å². The number of hydrogen-bond acceptors (Lipinski definition) is 6. The second-order valence-electron chi connectivity index (χ2n) is 7.42. The molecule has 6 nitrogen and oxygen atoms in total. The van der Waals surface area contributed by atoms with Crippen molar-refractivity contribution in [3.63, 3.8) is 0 Å². The molecule has 0 saturated heterocycles. The summed E-state index contributed by atoms with van der Waals surface area (Å²) in [5, 5.41) is 10.6. The van der Waals surface area contributed by atoms with Crippen LogP contribution in [0.25, 0.3) is 6.08 Å². The molecule has 2 heterocycles. The lowest BCUT2D eigenvalue weighted by atomic mass is 10.00. The summed E-state index contributed by atoms with van der Waals surface area (Å²) >= 11 is 6.81. The van der Waals surface area contributed by atoms with E-state index in [1.807, 2.05) is 26.0 Å². The summed E-state index contributed by atoms with van der Waals surface area (Å²) in [5.74, 6) is 0.706. The van der Waals surface area contributed by atoms with Gasteiger partial charge in [-0.25, -0.2) is 8.42 Å². The van der Waals surface area contributed by atoms with Crippen molar-refractivity contribution in [2.24, 2.45) is 4.99 Å². The molecule has 9 heteroatoms. The number of aliphatic imine (C=N–C) groups is 1. The highest BCUT2D eigenvalue weighted by Crippen LogP contribution is 2.38. The van der Waals surface area contributed by atoms with Gasteiger partial charge in [-0.3, -0.25) is 9.71 Å². The monoisotopic (exact) mass is 474 g/mol. The van der Waals surface area contributed by atoms with E-state index in [4.69, 9.17) is 16.3 Å². The SMILES string of the molecule is CC1(C)C=Cc2c(ccc(C=Nc3ccc(NS(=O)(=O)c4ccc(Cl)s4)cc3)c2O)O1. The zero-order chi connectivity index (χ0) is 22.2. The third-order valence-corrected chi connectivity index (χ3v) is 7.62. The van der Waals surface area contributed by atoms with Crippen LogP contribution >= 0.6 is 22.9 Å². The molecule has 0 radical (unpaired) electrons. The van der Waals surface area contributed by atoms with Gasteiger partial charge < -0.3 is 9.84 Å². The summed E-state index contributed by atoms with van der Waals surface area (Å²) in [6.07, 6.45) is 5.28. The van der Waals surface area contributed by atoms with Crippen LogP contribution in [0.4, 0.5) is 11.4 Å². The summed E-state index contributed by atoms with van der Waals surface area (Å²) in [5.41, 5.74) is 1.75. The van der Waals surface area contributed by atoms with Crippen LogP contribution in [0, 0.1) is 0 Å². The van der Waals surface area contributed by atoms with Gasteiger partial charge in [0.05, 0.1) is 15.6 Å². The Balaban J connectivity index is 1.50. The molecule has 0 bridgehead atoms. The smallest absolute Gasteiger partial charge is 0.271 e. The molecule has 2 N–H and O–H groups in total. The number of halogens is 1. The number of anilines is 1. The molecule has 0 fully saturated rings. The second-order valence-corrected chi connectivity index (χ2v) is 11.0. The number of fused-ring (bicyclic) bond motifs is 1. The lowest BCUT2D eigenvalue weighted by Crippen LogP contribution is -2.27. The van der Waals surface area contributed by atoms with Crippen LogP contribution in [0.5, 0.6) is 11.5 Å². The average molecular weight is 475 g/mol. The van der Waals surface area contributed by atoms with Gasteiger partial charge in [-0.2, -0.15) is 0 Å². The van der Waals surface area contributed by atoms with Gasteiger partial charge in [-0.1, -0.05) is 11.6 Å². The molecule has 160 valence electrons. The highest BCUT2D eigenvalue weighted by Gasteiger charge is 2.24. The Kier molecular flexibility index (Phi) is 5.55. The first-order valence-corrected chi connectivity index (χ1v) is 12.0.